The van der Waals surface area contributed by atoms with Crippen LogP contribution in [0, 0.1) is 23.6 Å². The van der Waals surface area contributed by atoms with Gasteiger partial charge < -0.3 is 4.74 Å². The highest BCUT2D eigenvalue weighted by atomic mass is 19.4. The highest BCUT2D eigenvalue weighted by Crippen LogP contribution is 2.43. The molecule has 2 aromatic carbocycles. The van der Waals surface area contributed by atoms with E-state index in [4.69, 9.17) is 4.74 Å². The van der Waals surface area contributed by atoms with Crippen molar-refractivity contribution in [1.29, 1.82) is 0 Å². The van der Waals surface area contributed by atoms with E-state index in [1.54, 1.807) is 0 Å². The van der Waals surface area contributed by atoms with Gasteiger partial charge in [-0.25, -0.2) is 8.78 Å². The third kappa shape index (κ3) is 8.74. The van der Waals surface area contributed by atoms with Gasteiger partial charge in [0.1, 0.15) is 5.83 Å². The fourth-order valence-corrected chi connectivity index (χ4v) is 6.39. The van der Waals surface area contributed by atoms with Crippen molar-refractivity contribution in [3.8, 4) is 16.9 Å². The lowest BCUT2D eigenvalue weighted by atomic mass is 9.77. The Bertz CT molecular complexity index is 1140. The van der Waals surface area contributed by atoms with E-state index in [1.807, 2.05) is 12.1 Å². The average Bonchev–Trinajstić information content (AvgIpc) is 2.94. The quantitative estimate of drug-likeness (QED) is 0.199. The standard InChI is InChI=1S/C33H39F7O/c1-2-3-4-5-22-6-8-23(9-7-22)24-10-12-25(13-11-24)27-16-19-31(29(34)20-27)41-33(39,40)28-17-14-26(15-18-28)30(35)21-32(36,37)38/h10-13,16,19-23,26,28H,2-9,14-15,17-18H2,1H3/b30-21-. The summed E-state index contributed by atoms with van der Waals surface area (Å²) in [6.07, 6.45) is 0.267. The van der Waals surface area contributed by atoms with Crippen LogP contribution in [0.15, 0.2) is 54.4 Å². The molecule has 0 amide bonds. The number of benzene rings is 2. The van der Waals surface area contributed by atoms with Gasteiger partial charge in [-0.3, -0.25) is 0 Å². The van der Waals surface area contributed by atoms with Crippen LogP contribution in [0.2, 0.25) is 0 Å². The van der Waals surface area contributed by atoms with Crippen molar-refractivity contribution >= 4 is 0 Å². The van der Waals surface area contributed by atoms with Gasteiger partial charge in [-0.2, -0.15) is 22.0 Å². The molecule has 226 valence electrons. The largest absolute Gasteiger partial charge is 0.429 e. The summed E-state index contributed by atoms with van der Waals surface area (Å²) in [5.41, 5.74) is 2.58. The highest BCUT2D eigenvalue weighted by Gasteiger charge is 2.45. The van der Waals surface area contributed by atoms with Crippen molar-refractivity contribution in [2.24, 2.45) is 17.8 Å². The summed E-state index contributed by atoms with van der Waals surface area (Å²) in [6.45, 7) is 2.23. The zero-order chi connectivity index (χ0) is 29.6. The van der Waals surface area contributed by atoms with E-state index in [9.17, 15) is 30.7 Å². The first-order valence-corrected chi connectivity index (χ1v) is 14.9. The Morgan fingerprint density at radius 1 is 0.829 bits per heavy atom. The van der Waals surface area contributed by atoms with E-state index >= 15 is 0 Å². The Balaban J connectivity index is 1.32. The van der Waals surface area contributed by atoms with Crippen LogP contribution in [0.25, 0.3) is 11.1 Å². The molecule has 0 aliphatic heterocycles. The zero-order valence-corrected chi connectivity index (χ0v) is 23.5. The van der Waals surface area contributed by atoms with Crippen LogP contribution in [-0.2, 0) is 0 Å². The molecule has 0 aromatic heterocycles. The maximum atomic E-state index is 14.9. The van der Waals surface area contributed by atoms with Gasteiger partial charge >= 0.3 is 12.3 Å². The minimum Gasteiger partial charge on any atom is -0.429 e. The number of hydrogen-bond donors (Lipinski definition) is 0. The van der Waals surface area contributed by atoms with Crippen LogP contribution in [-0.4, -0.2) is 12.3 Å². The third-order valence-electron chi connectivity index (χ3n) is 8.85. The molecule has 2 fully saturated rings. The van der Waals surface area contributed by atoms with Gasteiger partial charge in [-0.05, 0) is 92.0 Å². The molecule has 0 radical (unpaired) electrons. The number of rotatable bonds is 10. The summed E-state index contributed by atoms with van der Waals surface area (Å²) in [5, 5.41) is 0. The molecule has 2 aliphatic carbocycles. The molecule has 0 atom stereocenters. The second-order valence-electron chi connectivity index (χ2n) is 11.8. The highest BCUT2D eigenvalue weighted by molar-refractivity contribution is 5.64. The van der Waals surface area contributed by atoms with Gasteiger partial charge in [-0.1, -0.05) is 62.9 Å². The molecule has 1 nitrogen and oxygen atoms in total. The summed E-state index contributed by atoms with van der Waals surface area (Å²) >= 11 is 0. The van der Waals surface area contributed by atoms with Gasteiger partial charge in [0.25, 0.3) is 0 Å². The molecular formula is C33H39F7O. The van der Waals surface area contributed by atoms with E-state index in [2.05, 4.69) is 19.1 Å². The smallest absolute Gasteiger partial charge is 0.412 e. The fourth-order valence-electron chi connectivity index (χ4n) is 6.39. The molecule has 2 aromatic rings. The normalized spacial score (nSPS) is 24.3. The Morgan fingerprint density at radius 2 is 1.46 bits per heavy atom. The summed E-state index contributed by atoms with van der Waals surface area (Å²) in [5.74, 6) is -3.94. The molecule has 0 unspecified atom stereocenters. The lowest BCUT2D eigenvalue weighted by Gasteiger charge is -2.33. The minimum atomic E-state index is -4.80. The first-order valence-electron chi connectivity index (χ1n) is 14.9. The molecule has 4 rings (SSSR count). The predicted octanol–water partition coefficient (Wildman–Crippen LogP) is 11.5. The zero-order valence-electron chi connectivity index (χ0n) is 23.5. The monoisotopic (exact) mass is 584 g/mol. The second-order valence-corrected chi connectivity index (χ2v) is 11.8. The fraction of sp³-hybridized carbons (Fsp3) is 0.576. The maximum absolute atomic E-state index is 14.9. The van der Waals surface area contributed by atoms with Gasteiger partial charge in [0, 0.05) is 5.92 Å². The van der Waals surface area contributed by atoms with E-state index in [-0.39, 0.29) is 25.7 Å². The molecular weight excluding hydrogens is 545 g/mol. The maximum Gasteiger partial charge on any atom is 0.412 e. The number of alkyl halides is 5. The van der Waals surface area contributed by atoms with Crippen molar-refractivity contribution in [2.75, 3.05) is 0 Å². The van der Waals surface area contributed by atoms with Crippen molar-refractivity contribution in [3.05, 3.63) is 65.7 Å². The SMILES string of the molecule is CCCCCC1CCC(c2ccc(-c3ccc(OC(F)(F)C4CCC(/C(F)=C/C(F)(F)F)CC4)c(F)c3)cc2)CC1. The molecule has 0 spiro atoms. The van der Waals surface area contributed by atoms with Gasteiger partial charge in [0.15, 0.2) is 11.6 Å². The van der Waals surface area contributed by atoms with Crippen LogP contribution >= 0.6 is 0 Å². The van der Waals surface area contributed by atoms with E-state index in [0.717, 1.165) is 17.5 Å². The molecule has 0 heterocycles. The molecule has 0 N–H and O–H groups in total. The van der Waals surface area contributed by atoms with Crippen LogP contribution in [0.1, 0.15) is 95.5 Å². The molecule has 2 saturated carbocycles. The minimum absolute atomic E-state index is 0.167. The summed E-state index contributed by atoms with van der Waals surface area (Å²) in [7, 11) is 0. The van der Waals surface area contributed by atoms with Crippen LogP contribution in [0.3, 0.4) is 0 Å². The van der Waals surface area contributed by atoms with Crippen LogP contribution < -0.4 is 4.74 Å². The van der Waals surface area contributed by atoms with Gasteiger partial charge in [0.2, 0.25) is 0 Å². The lowest BCUT2D eigenvalue weighted by Crippen LogP contribution is -2.37. The Kier molecular flexibility index (Phi) is 10.5. The number of unbranched alkanes of at least 4 members (excludes halogenated alkanes) is 2. The summed E-state index contributed by atoms with van der Waals surface area (Å²) < 4.78 is 100. The van der Waals surface area contributed by atoms with Crippen molar-refractivity contribution in [1.82, 2.24) is 0 Å². The number of halogens is 7. The Hall–Kier alpha value is -2.51. The second kappa shape index (κ2) is 13.6. The van der Waals surface area contributed by atoms with E-state index in [1.165, 1.54) is 69.1 Å². The molecule has 41 heavy (non-hydrogen) atoms. The van der Waals surface area contributed by atoms with Gasteiger partial charge in [0.05, 0.1) is 12.0 Å². The van der Waals surface area contributed by atoms with Crippen molar-refractivity contribution < 1.29 is 35.5 Å². The molecule has 2 aliphatic rings. The van der Waals surface area contributed by atoms with Gasteiger partial charge in [-0.15, -0.1) is 0 Å². The summed E-state index contributed by atoms with van der Waals surface area (Å²) in [4.78, 5) is 0. The first kappa shape index (κ1) is 31.4. The van der Waals surface area contributed by atoms with E-state index < -0.39 is 47.6 Å². The molecule has 0 saturated heterocycles. The first-order chi connectivity index (χ1) is 19.4. The number of hydrogen-bond acceptors (Lipinski definition) is 1. The molecule has 0 bridgehead atoms. The predicted molar refractivity (Wildman–Crippen MR) is 147 cm³/mol. The van der Waals surface area contributed by atoms with Crippen molar-refractivity contribution in [3.63, 3.8) is 0 Å². The topological polar surface area (TPSA) is 9.23 Å². The van der Waals surface area contributed by atoms with E-state index in [0.29, 0.717) is 11.5 Å². The Morgan fingerprint density at radius 3 is 2.05 bits per heavy atom. The van der Waals surface area contributed by atoms with Crippen LogP contribution in [0.4, 0.5) is 30.7 Å². The number of allylic oxidation sites excluding steroid dienone is 2. The summed E-state index contributed by atoms with van der Waals surface area (Å²) in [6, 6.07) is 11.8. The average molecular weight is 585 g/mol. The van der Waals surface area contributed by atoms with Crippen LogP contribution in [0.5, 0.6) is 5.75 Å². The number of ether oxygens (including phenoxy) is 1. The third-order valence-corrected chi connectivity index (χ3v) is 8.85. The lowest BCUT2D eigenvalue weighted by molar-refractivity contribution is -0.224. The van der Waals surface area contributed by atoms with Crippen molar-refractivity contribution in [2.45, 2.75) is 102 Å². The molecule has 8 heteroatoms. The Labute approximate surface area is 238 Å².